The van der Waals surface area contributed by atoms with Crippen molar-refractivity contribution in [1.82, 2.24) is 5.32 Å². The SMILES string of the molecule is CCCC/C=C\C/C=C\CCCCCCCC(=O)OCCCCCCCC/C=C\CCCCCCCCCC(=O)NC(CO)C(O)/C=C/CCCCCCCCCCC. The summed E-state index contributed by atoms with van der Waals surface area (Å²) >= 11 is 0. The Kier molecular flexibility index (Phi) is 46.7. The van der Waals surface area contributed by atoms with Crippen LogP contribution < -0.4 is 5.32 Å². The van der Waals surface area contributed by atoms with E-state index in [9.17, 15) is 19.8 Å². The predicted molar refractivity (Wildman–Crippen MR) is 255 cm³/mol. The first-order chi connectivity index (χ1) is 29.0. The van der Waals surface area contributed by atoms with Gasteiger partial charge in [0.25, 0.3) is 0 Å². The van der Waals surface area contributed by atoms with Gasteiger partial charge < -0.3 is 20.3 Å². The monoisotopic (exact) mass is 828 g/mol. The second-order valence-corrected chi connectivity index (χ2v) is 17.1. The fourth-order valence-corrected chi connectivity index (χ4v) is 7.35. The molecule has 0 bridgehead atoms. The minimum atomic E-state index is -0.851. The zero-order chi connectivity index (χ0) is 43.0. The maximum Gasteiger partial charge on any atom is 0.305 e. The lowest BCUT2D eigenvalue weighted by atomic mass is 10.1. The van der Waals surface area contributed by atoms with Crippen LogP contribution in [0, 0.1) is 0 Å². The van der Waals surface area contributed by atoms with Crippen LogP contribution in [0.1, 0.15) is 251 Å². The minimum Gasteiger partial charge on any atom is -0.466 e. The molecule has 2 atom stereocenters. The number of amides is 1. The van der Waals surface area contributed by atoms with E-state index in [1.807, 2.05) is 6.08 Å². The second kappa shape index (κ2) is 48.5. The molecule has 0 saturated carbocycles. The second-order valence-electron chi connectivity index (χ2n) is 17.1. The zero-order valence-corrected chi connectivity index (χ0v) is 39.0. The molecule has 0 heterocycles. The molecule has 0 aromatic rings. The highest BCUT2D eigenvalue weighted by Crippen LogP contribution is 2.14. The number of esters is 1. The van der Waals surface area contributed by atoms with Gasteiger partial charge in [0.2, 0.25) is 5.91 Å². The maximum absolute atomic E-state index is 12.4. The maximum atomic E-state index is 12.4. The lowest BCUT2D eigenvalue weighted by Gasteiger charge is -2.20. The molecule has 3 N–H and O–H groups in total. The van der Waals surface area contributed by atoms with Gasteiger partial charge in [0.05, 0.1) is 25.4 Å². The number of nitrogens with one attached hydrogen (secondary N) is 1. The summed E-state index contributed by atoms with van der Waals surface area (Å²) in [5, 5.41) is 23.0. The summed E-state index contributed by atoms with van der Waals surface area (Å²) in [7, 11) is 0. The molecule has 6 heteroatoms. The van der Waals surface area contributed by atoms with Crippen molar-refractivity contribution < 1.29 is 24.5 Å². The van der Waals surface area contributed by atoms with Gasteiger partial charge >= 0.3 is 5.97 Å². The van der Waals surface area contributed by atoms with E-state index in [1.165, 1.54) is 161 Å². The van der Waals surface area contributed by atoms with Gasteiger partial charge in [-0.25, -0.2) is 0 Å². The highest BCUT2D eigenvalue weighted by Gasteiger charge is 2.18. The minimum absolute atomic E-state index is 0.0186. The van der Waals surface area contributed by atoms with Crippen LogP contribution in [-0.2, 0) is 14.3 Å². The summed E-state index contributed by atoms with van der Waals surface area (Å²) in [5.41, 5.74) is 0. The quantitative estimate of drug-likeness (QED) is 0.0323. The van der Waals surface area contributed by atoms with Gasteiger partial charge in [0, 0.05) is 12.8 Å². The molecular weight excluding hydrogens is 731 g/mol. The van der Waals surface area contributed by atoms with Gasteiger partial charge in [0.1, 0.15) is 0 Å². The zero-order valence-electron chi connectivity index (χ0n) is 39.0. The first kappa shape index (κ1) is 56.8. The molecule has 0 aliphatic carbocycles. The van der Waals surface area contributed by atoms with Crippen molar-refractivity contribution in [3.05, 3.63) is 48.6 Å². The third kappa shape index (κ3) is 45.2. The van der Waals surface area contributed by atoms with Crippen LogP contribution in [0.25, 0.3) is 0 Å². The van der Waals surface area contributed by atoms with E-state index < -0.39 is 12.1 Å². The molecule has 0 radical (unpaired) electrons. The summed E-state index contributed by atoms with van der Waals surface area (Å²) in [6.45, 7) is 4.81. The number of rotatable bonds is 46. The highest BCUT2D eigenvalue weighted by molar-refractivity contribution is 5.76. The molecule has 0 aliphatic heterocycles. The average Bonchev–Trinajstić information content (AvgIpc) is 3.24. The Morgan fingerprint density at radius 2 is 0.864 bits per heavy atom. The Morgan fingerprint density at radius 3 is 1.36 bits per heavy atom. The van der Waals surface area contributed by atoms with E-state index in [4.69, 9.17) is 4.74 Å². The average molecular weight is 828 g/mol. The van der Waals surface area contributed by atoms with Gasteiger partial charge in [-0.1, -0.05) is 204 Å². The fourth-order valence-electron chi connectivity index (χ4n) is 7.35. The van der Waals surface area contributed by atoms with Crippen molar-refractivity contribution >= 4 is 11.9 Å². The van der Waals surface area contributed by atoms with Crippen molar-refractivity contribution in [3.8, 4) is 0 Å². The normalized spacial score (nSPS) is 13.1. The van der Waals surface area contributed by atoms with Crippen LogP contribution in [-0.4, -0.2) is 47.4 Å². The van der Waals surface area contributed by atoms with Gasteiger partial charge in [-0.2, -0.15) is 0 Å². The van der Waals surface area contributed by atoms with E-state index in [0.717, 1.165) is 64.2 Å². The molecule has 344 valence electrons. The fraction of sp³-hybridized carbons (Fsp3) is 0.811. The van der Waals surface area contributed by atoms with E-state index in [2.05, 4.69) is 55.6 Å². The lowest BCUT2D eigenvalue weighted by Crippen LogP contribution is -2.45. The van der Waals surface area contributed by atoms with Crippen LogP contribution in [0.2, 0.25) is 0 Å². The van der Waals surface area contributed by atoms with Gasteiger partial charge in [-0.3, -0.25) is 9.59 Å². The molecule has 0 aromatic carbocycles. The van der Waals surface area contributed by atoms with Crippen molar-refractivity contribution in [1.29, 1.82) is 0 Å². The number of hydrogen-bond donors (Lipinski definition) is 3. The highest BCUT2D eigenvalue weighted by atomic mass is 16.5. The predicted octanol–water partition coefficient (Wildman–Crippen LogP) is 15.1. The summed E-state index contributed by atoms with van der Waals surface area (Å²) < 4.78 is 5.45. The van der Waals surface area contributed by atoms with E-state index >= 15 is 0 Å². The molecule has 1 amide bonds. The van der Waals surface area contributed by atoms with E-state index in [0.29, 0.717) is 19.4 Å². The molecular formula is C53H97NO5. The van der Waals surface area contributed by atoms with Crippen LogP contribution in [0.3, 0.4) is 0 Å². The summed E-state index contributed by atoms with van der Waals surface area (Å²) in [6.07, 6.45) is 59.6. The number of aliphatic hydroxyl groups is 2. The lowest BCUT2D eigenvalue weighted by molar-refractivity contribution is -0.143. The van der Waals surface area contributed by atoms with Gasteiger partial charge in [-0.15, -0.1) is 0 Å². The first-order valence-electron chi connectivity index (χ1n) is 25.4. The molecule has 0 saturated heterocycles. The molecule has 0 spiro atoms. The molecule has 0 aliphatic rings. The Hall–Kier alpha value is -2.18. The van der Waals surface area contributed by atoms with Crippen LogP contribution in [0.15, 0.2) is 48.6 Å². The summed E-state index contributed by atoms with van der Waals surface area (Å²) in [4.78, 5) is 24.4. The van der Waals surface area contributed by atoms with Crippen LogP contribution in [0.4, 0.5) is 0 Å². The summed E-state index contributed by atoms with van der Waals surface area (Å²) in [6, 6.07) is -0.636. The molecule has 0 rings (SSSR count). The number of unbranched alkanes of at least 4 members (excludes halogenated alkanes) is 29. The third-order valence-corrected chi connectivity index (χ3v) is 11.3. The smallest absolute Gasteiger partial charge is 0.305 e. The van der Waals surface area contributed by atoms with E-state index in [-0.39, 0.29) is 18.5 Å². The molecule has 0 fully saturated rings. The number of allylic oxidation sites excluding steroid dienone is 7. The standard InChI is InChI=1S/C53H97NO5/c1-3-5-7-9-11-13-15-16-23-27-31-35-39-43-47-53(58)59-48-44-40-36-32-28-24-21-19-17-18-20-22-26-30-34-38-42-46-52(57)54-50(49-55)51(56)45-41-37-33-29-25-14-12-10-8-6-4-2/h9,11,15-17,19,41,45,50-51,55-56H,3-8,10,12-14,18,20-40,42-44,46-49H2,1-2H3,(H,54,57)/b11-9-,16-15-,19-17-,45-41+. The van der Waals surface area contributed by atoms with Crippen LogP contribution >= 0.6 is 0 Å². The van der Waals surface area contributed by atoms with Gasteiger partial charge in [-0.05, 0) is 83.5 Å². The topological polar surface area (TPSA) is 95.9 Å². The number of carbonyl (C=O) groups excluding carboxylic acids is 2. The van der Waals surface area contributed by atoms with Crippen molar-refractivity contribution in [2.24, 2.45) is 0 Å². The summed E-state index contributed by atoms with van der Waals surface area (Å²) in [5.74, 6) is -0.102. The molecule has 2 unspecified atom stereocenters. The Bertz CT molecular complexity index is 1000. The first-order valence-corrected chi connectivity index (χ1v) is 25.4. The number of aliphatic hydroxyl groups excluding tert-OH is 2. The van der Waals surface area contributed by atoms with Crippen LogP contribution in [0.5, 0.6) is 0 Å². The molecule has 6 nitrogen and oxygen atoms in total. The third-order valence-electron chi connectivity index (χ3n) is 11.3. The van der Waals surface area contributed by atoms with Crippen molar-refractivity contribution in [2.75, 3.05) is 13.2 Å². The number of ether oxygens (including phenoxy) is 1. The molecule has 59 heavy (non-hydrogen) atoms. The Balaban J connectivity index is 3.49. The van der Waals surface area contributed by atoms with E-state index in [1.54, 1.807) is 6.08 Å². The van der Waals surface area contributed by atoms with Crippen molar-refractivity contribution in [3.63, 3.8) is 0 Å². The van der Waals surface area contributed by atoms with Crippen molar-refractivity contribution in [2.45, 2.75) is 264 Å². The molecule has 0 aromatic heterocycles. The number of hydrogen-bond acceptors (Lipinski definition) is 5. The Morgan fingerprint density at radius 1 is 0.475 bits per heavy atom. The van der Waals surface area contributed by atoms with Gasteiger partial charge in [0.15, 0.2) is 0 Å². The number of carbonyl (C=O) groups is 2. The Labute approximate surface area is 366 Å². The largest absolute Gasteiger partial charge is 0.466 e.